The van der Waals surface area contributed by atoms with Crippen molar-refractivity contribution in [3.63, 3.8) is 0 Å². The smallest absolute Gasteiger partial charge is 0.295 e. The molecule has 3 aromatic carbocycles. The van der Waals surface area contributed by atoms with E-state index in [0.29, 0.717) is 16.8 Å². The number of benzene rings is 3. The summed E-state index contributed by atoms with van der Waals surface area (Å²) < 4.78 is 41.6. The molecule has 0 atom stereocenters. The second kappa shape index (κ2) is 8.36. The lowest BCUT2D eigenvalue weighted by atomic mass is 10.1. The van der Waals surface area contributed by atoms with Crippen molar-refractivity contribution in [2.24, 2.45) is 0 Å². The number of hydrogen-bond donors (Lipinski definition) is 2. The summed E-state index contributed by atoms with van der Waals surface area (Å²) >= 11 is 0. The minimum absolute atomic E-state index is 0.0700. The van der Waals surface area contributed by atoms with Crippen LogP contribution in [0.5, 0.6) is 0 Å². The number of sulfonamides is 1. The van der Waals surface area contributed by atoms with E-state index in [0.717, 1.165) is 5.56 Å². The van der Waals surface area contributed by atoms with Gasteiger partial charge in [-0.2, -0.15) is 12.8 Å². The summed E-state index contributed by atoms with van der Waals surface area (Å²) in [7, 11) is -3.87. The van der Waals surface area contributed by atoms with Gasteiger partial charge in [0.25, 0.3) is 5.84 Å². The summed E-state index contributed by atoms with van der Waals surface area (Å²) in [6, 6.07) is 18.5. The highest BCUT2D eigenvalue weighted by Gasteiger charge is 2.20. The fraction of sp³-hybridized carbons (Fsp3) is 0.0909. The molecule has 0 unspecified atom stereocenters. The molecule has 7 heteroatoms. The first-order chi connectivity index (χ1) is 13.7. The zero-order valence-corrected chi connectivity index (χ0v) is 16.8. The van der Waals surface area contributed by atoms with Gasteiger partial charge in [0.15, 0.2) is 5.78 Å². The van der Waals surface area contributed by atoms with Gasteiger partial charge in [0.1, 0.15) is 16.4 Å². The SMILES string of the molecule is CC(=O)c1ccc(NC(=[NH+]S(=O)(=O)c2ccc(C)cc2)c2ccc(F)cc2)cc1. The molecule has 0 aliphatic rings. The second-order valence-corrected chi connectivity index (χ2v) is 8.24. The highest BCUT2D eigenvalue weighted by Crippen LogP contribution is 2.12. The molecule has 0 spiro atoms. The zero-order valence-electron chi connectivity index (χ0n) is 15.9. The van der Waals surface area contributed by atoms with E-state index in [1.807, 2.05) is 6.92 Å². The molecule has 2 N–H and O–H groups in total. The van der Waals surface area contributed by atoms with Crippen LogP contribution in [-0.4, -0.2) is 20.0 Å². The largest absolute Gasteiger partial charge is 0.328 e. The first kappa shape index (κ1) is 20.4. The van der Waals surface area contributed by atoms with Gasteiger partial charge >= 0.3 is 10.0 Å². The van der Waals surface area contributed by atoms with E-state index >= 15 is 0 Å². The molecular formula is C22H20FN2O3S+. The molecule has 0 aliphatic carbocycles. The number of carbonyl (C=O) groups excluding carboxylic acids is 1. The number of nitrogens with one attached hydrogen (secondary N) is 2. The number of ketones is 1. The summed E-state index contributed by atoms with van der Waals surface area (Å²) in [6.07, 6.45) is 0. The number of anilines is 1. The molecule has 0 fully saturated rings. The van der Waals surface area contributed by atoms with E-state index in [-0.39, 0.29) is 16.5 Å². The van der Waals surface area contributed by atoms with Crippen LogP contribution in [0.1, 0.15) is 28.4 Å². The van der Waals surface area contributed by atoms with E-state index in [2.05, 4.69) is 9.71 Å². The molecule has 0 saturated heterocycles. The quantitative estimate of drug-likeness (QED) is 0.384. The Labute approximate surface area is 169 Å². The molecule has 148 valence electrons. The Morgan fingerprint density at radius 2 is 1.41 bits per heavy atom. The van der Waals surface area contributed by atoms with Crippen LogP contribution in [0.25, 0.3) is 0 Å². The molecule has 3 aromatic rings. The van der Waals surface area contributed by atoms with Crippen molar-refractivity contribution in [1.82, 2.24) is 0 Å². The number of amidine groups is 1. The van der Waals surface area contributed by atoms with Crippen LogP contribution in [0.15, 0.2) is 77.7 Å². The van der Waals surface area contributed by atoms with E-state index < -0.39 is 15.8 Å². The Bertz CT molecular complexity index is 1150. The molecule has 0 radical (unpaired) electrons. The third-order valence-corrected chi connectivity index (χ3v) is 5.63. The van der Waals surface area contributed by atoms with Crippen LogP contribution in [0.3, 0.4) is 0 Å². The van der Waals surface area contributed by atoms with Gasteiger partial charge in [-0.3, -0.25) is 4.79 Å². The number of aryl methyl sites for hydroxylation is 1. The molecule has 29 heavy (non-hydrogen) atoms. The van der Waals surface area contributed by atoms with Gasteiger partial charge in [-0.05, 0) is 74.5 Å². The Morgan fingerprint density at radius 1 is 0.862 bits per heavy atom. The predicted octanol–water partition coefficient (Wildman–Crippen LogP) is 2.66. The number of hydrogen-bond acceptors (Lipinski definition) is 3. The first-order valence-corrected chi connectivity index (χ1v) is 10.3. The Balaban J connectivity index is 2.02. The van der Waals surface area contributed by atoms with Gasteiger partial charge < -0.3 is 0 Å². The maximum atomic E-state index is 13.3. The molecule has 0 aliphatic heterocycles. The highest BCUT2D eigenvalue weighted by molar-refractivity contribution is 7.84. The zero-order chi connectivity index (χ0) is 21.0. The third kappa shape index (κ3) is 5.14. The fourth-order valence-corrected chi connectivity index (χ4v) is 3.67. The molecule has 3 rings (SSSR count). The fourth-order valence-electron chi connectivity index (χ4n) is 2.62. The minimum Gasteiger partial charge on any atom is -0.295 e. The third-order valence-electron chi connectivity index (χ3n) is 4.26. The molecule has 0 heterocycles. The number of halogens is 1. The molecule has 0 saturated carbocycles. The minimum atomic E-state index is -3.87. The Hall–Kier alpha value is -3.32. The van der Waals surface area contributed by atoms with Crippen molar-refractivity contribution < 1.29 is 22.0 Å². The topological polar surface area (TPSA) is 77.2 Å². The van der Waals surface area contributed by atoms with E-state index in [4.69, 9.17) is 0 Å². The van der Waals surface area contributed by atoms with Gasteiger partial charge in [-0.15, -0.1) is 0 Å². The van der Waals surface area contributed by atoms with Crippen molar-refractivity contribution in [2.45, 2.75) is 18.7 Å². The number of Topliss-reactive ketones (excluding diaryl/α,β-unsaturated/α-hetero) is 1. The Morgan fingerprint density at radius 3 is 1.97 bits per heavy atom. The van der Waals surface area contributed by atoms with Crippen molar-refractivity contribution in [3.8, 4) is 0 Å². The lowest BCUT2D eigenvalue weighted by Gasteiger charge is -2.06. The molecule has 5 nitrogen and oxygen atoms in total. The monoisotopic (exact) mass is 411 g/mol. The van der Waals surface area contributed by atoms with Crippen LogP contribution < -0.4 is 9.71 Å². The van der Waals surface area contributed by atoms with Crippen molar-refractivity contribution in [2.75, 3.05) is 5.32 Å². The van der Waals surface area contributed by atoms with Crippen LogP contribution in [0, 0.1) is 12.7 Å². The van der Waals surface area contributed by atoms with Crippen molar-refractivity contribution in [3.05, 3.63) is 95.3 Å². The number of rotatable bonds is 5. The normalized spacial score (nSPS) is 11.9. The molecular weight excluding hydrogens is 391 g/mol. The van der Waals surface area contributed by atoms with Crippen LogP contribution in [0.2, 0.25) is 0 Å². The van der Waals surface area contributed by atoms with Crippen LogP contribution in [-0.2, 0) is 10.0 Å². The lowest BCUT2D eigenvalue weighted by molar-refractivity contribution is -0.266. The lowest BCUT2D eigenvalue weighted by Crippen LogP contribution is -2.78. The summed E-state index contributed by atoms with van der Waals surface area (Å²) in [5.74, 6) is -0.333. The van der Waals surface area contributed by atoms with Gasteiger partial charge in [-0.25, -0.2) is 9.71 Å². The van der Waals surface area contributed by atoms with Crippen molar-refractivity contribution >= 4 is 27.3 Å². The van der Waals surface area contributed by atoms with Crippen LogP contribution >= 0.6 is 0 Å². The van der Waals surface area contributed by atoms with Gasteiger partial charge in [0.05, 0.1) is 5.56 Å². The standard InChI is InChI=1S/C22H19FN2O3S/c1-15-3-13-21(14-4-15)29(27,28)25-22(18-5-9-19(23)10-6-18)24-20-11-7-17(8-12-20)16(2)26/h3-14H,1-2H3,(H,24,25)/p+1. The van der Waals surface area contributed by atoms with E-state index in [1.54, 1.807) is 36.4 Å². The Kier molecular flexibility index (Phi) is 5.89. The highest BCUT2D eigenvalue weighted by atomic mass is 32.2. The summed E-state index contributed by atoms with van der Waals surface area (Å²) in [6.45, 7) is 3.33. The van der Waals surface area contributed by atoms with Gasteiger partial charge in [-0.1, -0.05) is 17.7 Å². The molecule has 0 aromatic heterocycles. The summed E-state index contributed by atoms with van der Waals surface area (Å²) in [4.78, 5) is 11.6. The van der Waals surface area contributed by atoms with E-state index in [1.165, 1.54) is 43.3 Å². The van der Waals surface area contributed by atoms with E-state index in [9.17, 15) is 17.6 Å². The maximum Gasteiger partial charge on any atom is 0.328 e. The average molecular weight is 411 g/mol. The first-order valence-electron chi connectivity index (χ1n) is 8.85. The maximum absolute atomic E-state index is 13.3. The molecule has 0 bridgehead atoms. The van der Waals surface area contributed by atoms with Gasteiger partial charge in [0, 0.05) is 5.56 Å². The average Bonchev–Trinajstić information content (AvgIpc) is 2.68. The van der Waals surface area contributed by atoms with Crippen molar-refractivity contribution in [1.29, 1.82) is 0 Å². The summed E-state index contributed by atoms with van der Waals surface area (Å²) in [5, 5.41) is 3.01. The summed E-state index contributed by atoms with van der Waals surface area (Å²) in [5.41, 5.74) is 2.51. The van der Waals surface area contributed by atoms with Crippen LogP contribution in [0.4, 0.5) is 10.1 Å². The van der Waals surface area contributed by atoms with Gasteiger partial charge in [0.2, 0.25) is 0 Å². The second-order valence-electron chi connectivity index (χ2n) is 6.56. The number of carbonyl (C=O) groups is 1. The molecule has 0 amide bonds. The predicted molar refractivity (Wildman–Crippen MR) is 110 cm³/mol.